The van der Waals surface area contributed by atoms with Gasteiger partial charge >= 0.3 is 0 Å². The fraction of sp³-hybridized carbons (Fsp3) is 0.650. The van der Waals surface area contributed by atoms with Crippen molar-refractivity contribution < 1.29 is 9.90 Å². The van der Waals surface area contributed by atoms with E-state index in [1.165, 1.54) is 0 Å². The molecule has 134 valence electrons. The zero-order valence-corrected chi connectivity index (χ0v) is 15.3. The van der Waals surface area contributed by atoms with Crippen LogP contribution in [0, 0.1) is 5.41 Å². The van der Waals surface area contributed by atoms with Crippen molar-refractivity contribution in [2.24, 2.45) is 5.41 Å². The number of carbonyl (C=O) groups is 1. The van der Waals surface area contributed by atoms with Crippen molar-refractivity contribution in [1.29, 1.82) is 0 Å². The zero-order valence-electron chi connectivity index (χ0n) is 15.3. The van der Waals surface area contributed by atoms with E-state index in [9.17, 15) is 9.90 Å². The number of nitrogens with zero attached hydrogens (tertiary/aromatic N) is 1. The molecular weight excluding hydrogens is 300 g/mol. The minimum Gasteiger partial charge on any atom is -0.391 e. The number of nitrogens with one attached hydrogen (secondary N) is 1. The number of piperidine rings is 1. The standard InChI is InChI=1S/C20H32N2O2/c1-20(2,3)14-19(24)22-11-9-17(10-12-22)21-15-18(23)13-16-7-5-4-6-8-16/h4-8,17-18,21,23H,9-15H2,1-3H3/t18-/m1/s1. The van der Waals surface area contributed by atoms with E-state index in [0.717, 1.165) is 31.5 Å². The third-order valence-corrected chi connectivity index (χ3v) is 4.49. The lowest BCUT2D eigenvalue weighted by Crippen LogP contribution is -2.47. The summed E-state index contributed by atoms with van der Waals surface area (Å²) in [6, 6.07) is 10.5. The number of hydrogen-bond acceptors (Lipinski definition) is 3. The minimum absolute atomic E-state index is 0.0493. The molecule has 1 heterocycles. The summed E-state index contributed by atoms with van der Waals surface area (Å²) in [5.74, 6) is 0.269. The molecule has 0 spiro atoms. The smallest absolute Gasteiger partial charge is 0.223 e. The first-order valence-electron chi connectivity index (χ1n) is 9.06. The predicted octanol–water partition coefficient (Wildman–Crippen LogP) is 2.61. The van der Waals surface area contributed by atoms with E-state index in [2.05, 4.69) is 26.1 Å². The molecule has 1 saturated heterocycles. The minimum atomic E-state index is -0.368. The van der Waals surface area contributed by atoms with Crippen LogP contribution < -0.4 is 5.32 Å². The molecule has 1 aliphatic rings. The number of rotatable bonds is 6. The maximum absolute atomic E-state index is 12.3. The molecule has 0 saturated carbocycles. The molecule has 1 fully saturated rings. The van der Waals surface area contributed by atoms with Gasteiger partial charge in [-0.05, 0) is 30.2 Å². The average Bonchev–Trinajstić information content (AvgIpc) is 2.53. The average molecular weight is 332 g/mol. The lowest BCUT2D eigenvalue weighted by Gasteiger charge is -2.34. The maximum atomic E-state index is 12.3. The van der Waals surface area contributed by atoms with Crippen LogP contribution in [-0.2, 0) is 11.2 Å². The molecule has 4 heteroatoms. The molecule has 1 aromatic rings. The Morgan fingerprint density at radius 2 is 1.88 bits per heavy atom. The molecule has 4 nitrogen and oxygen atoms in total. The summed E-state index contributed by atoms with van der Waals surface area (Å²) in [5, 5.41) is 13.6. The van der Waals surface area contributed by atoms with Gasteiger partial charge in [-0.15, -0.1) is 0 Å². The second-order valence-electron chi connectivity index (χ2n) is 8.14. The van der Waals surface area contributed by atoms with Gasteiger partial charge in [-0.3, -0.25) is 4.79 Å². The van der Waals surface area contributed by atoms with E-state index < -0.39 is 0 Å². The molecule has 1 atom stereocenters. The van der Waals surface area contributed by atoms with Gasteiger partial charge in [0, 0.05) is 32.1 Å². The van der Waals surface area contributed by atoms with E-state index in [-0.39, 0.29) is 17.4 Å². The van der Waals surface area contributed by atoms with Crippen molar-refractivity contribution in [3.05, 3.63) is 35.9 Å². The summed E-state index contributed by atoms with van der Waals surface area (Å²) in [7, 11) is 0. The fourth-order valence-corrected chi connectivity index (χ4v) is 3.16. The molecule has 0 unspecified atom stereocenters. The Morgan fingerprint density at radius 3 is 2.46 bits per heavy atom. The summed E-state index contributed by atoms with van der Waals surface area (Å²) >= 11 is 0. The SMILES string of the molecule is CC(C)(C)CC(=O)N1CCC(NC[C@H](O)Cc2ccccc2)CC1. The van der Waals surface area contributed by atoms with Gasteiger partial charge in [-0.25, -0.2) is 0 Å². The third-order valence-electron chi connectivity index (χ3n) is 4.49. The first-order valence-corrected chi connectivity index (χ1v) is 9.06. The molecule has 1 aromatic carbocycles. The van der Waals surface area contributed by atoms with E-state index in [1.807, 2.05) is 35.2 Å². The Balaban J connectivity index is 1.67. The van der Waals surface area contributed by atoms with Crippen molar-refractivity contribution in [2.45, 2.75) is 58.6 Å². The number of hydrogen-bond donors (Lipinski definition) is 2. The van der Waals surface area contributed by atoms with Crippen LogP contribution in [0.2, 0.25) is 0 Å². The highest BCUT2D eigenvalue weighted by Gasteiger charge is 2.25. The highest BCUT2D eigenvalue weighted by atomic mass is 16.3. The van der Waals surface area contributed by atoms with Gasteiger partial charge < -0.3 is 15.3 Å². The Morgan fingerprint density at radius 1 is 1.25 bits per heavy atom. The van der Waals surface area contributed by atoms with Crippen LogP contribution in [0.25, 0.3) is 0 Å². The van der Waals surface area contributed by atoms with E-state index >= 15 is 0 Å². The highest BCUT2D eigenvalue weighted by molar-refractivity contribution is 5.76. The second-order valence-corrected chi connectivity index (χ2v) is 8.14. The summed E-state index contributed by atoms with van der Waals surface area (Å²) in [6.45, 7) is 8.56. The number of benzene rings is 1. The zero-order chi connectivity index (χ0) is 17.6. The van der Waals surface area contributed by atoms with Gasteiger partial charge in [-0.2, -0.15) is 0 Å². The van der Waals surface area contributed by atoms with E-state index in [4.69, 9.17) is 0 Å². The summed E-state index contributed by atoms with van der Waals surface area (Å²) in [4.78, 5) is 14.2. The molecular formula is C20H32N2O2. The molecule has 0 aromatic heterocycles. The van der Waals surface area contributed by atoms with Crippen LogP contribution in [0.3, 0.4) is 0 Å². The summed E-state index contributed by atoms with van der Waals surface area (Å²) < 4.78 is 0. The topological polar surface area (TPSA) is 52.6 Å². The van der Waals surface area contributed by atoms with Gasteiger partial charge in [0.2, 0.25) is 5.91 Å². The largest absolute Gasteiger partial charge is 0.391 e. The van der Waals surface area contributed by atoms with Gasteiger partial charge in [-0.1, -0.05) is 51.1 Å². The molecule has 2 rings (SSSR count). The molecule has 0 radical (unpaired) electrons. The van der Waals surface area contributed by atoms with Gasteiger partial charge in [0.1, 0.15) is 0 Å². The van der Waals surface area contributed by atoms with Crippen LogP contribution in [0.5, 0.6) is 0 Å². The first-order chi connectivity index (χ1) is 11.3. The number of likely N-dealkylation sites (tertiary alicyclic amines) is 1. The van der Waals surface area contributed by atoms with Crippen molar-refractivity contribution in [2.75, 3.05) is 19.6 Å². The normalized spacial score (nSPS) is 17.8. The van der Waals surface area contributed by atoms with Gasteiger partial charge in [0.15, 0.2) is 0 Å². The Labute approximate surface area is 146 Å². The van der Waals surface area contributed by atoms with E-state index in [1.54, 1.807) is 0 Å². The number of aliphatic hydroxyl groups excluding tert-OH is 1. The molecule has 24 heavy (non-hydrogen) atoms. The van der Waals surface area contributed by atoms with Crippen molar-refractivity contribution in [1.82, 2.24) is 10.2 Å². The summed E-state index contributed by atoms with van der Waals surface area (Å²) in [6.07, 6.45) is 2.85. The van der Waals surface area contributed by atoms with Crippen LogP contribution in [0.4, 0.5) is 0 Å². The highest BCUT2D eigenvalue weighted by Crippen LogP contribution is 2.21. The third kappa shape index (κ3) is 6.62. The first kappa shape index (κ1) is 18.9. The lowest BCUT2D eigenvalue weighted by molar-refractivity contribution is -0.134. The van der Waals surface area contributed by atoms with Crippen molar-refractivity contribution >= 4 is 5.91 Å². The molecule has 2 N–H and O–H groups in total. The maximum Gasteiger partial charge on any atom is 0.223 e. The Hall–Kier alpha value is -1.39. The lowest BCUT2D eigenvalue weighted by atomic mass is 9.91. The van der Waals surface area contributed by atoms with E-state index in [0.29, 0.717) is 25.4 Å². The molecule has 1 amide bonds. The summed E-state index contributed by atoms with van der Waals surface area (Å²) in [5.41, 5.74) is 1.21. The van der Waals surface area contributed by atoms with Crippen LogP contribution in [0.1, 0.15) is 45.6 Å². The van der Waals surface area contributed by atoms with Gasteiger partial charge in [0.25, 0.3) is 0 Å². The Bertz CT molecular complexity index is 502. The molecule has 1 aliphatic heterocycles. The quantitative estimate of drug-likeness (QED) is 0.842. The van der Waals surface area contributed by atoms with Crippen LogP contribution in [-0.4, -0.2) is 47.7 Å². The van der Waals surface area contributed by atoms with Crippen molar-refractivity contribution in [3.63, 3.8) is 0 Å². The number of amides is 1. The van der Waals surface area contributed by atoms with Gasteiger partial charge in [0.05, 0.1) is 6.10 Å². The molecule has 0 bridgehead atoms. The van der Waals surface area contributed by atoms with Crippen molar-refractivity contribution in [3.8, 4) is 0 Å². The van der Waals surface area contributed by atoms with Crippen LogP contribution >= 0.6 is 0 Å². The fourth-order valence-electron chi connectivity index (χ4n) is 3.16. The second kappa shape index (κ2) is 8.63. The number of aliphatic hydroxyl groups is 1. The molecule has 0 aliphatic carbocycles. The van der Waals surface area contributed by atoms with Crippen LogP contribution in [0.15, 0.2) is 30.3 Å². The Kier molecular flexibility index (Phi) is 6.81. The predicted molar refractivity (Wildman–Crippen MR) is 97.8 cm³/mol. The monoisotopic (exact) mass is 332 g/mol. The number of carbonyl (C=O) groups excluding carboxylic acids is 1.